The highest BCUT2D eigenvalue weighted by Crippen LogP contribution is 2.22. The molecular weight excluding hydrogens is 229 g/mol. The van der Waals surface area contributed by atoms with Crippen LogP contribution in [0.5, 0.6) is 0 Å². The molecule has 3 N–H and O–H groups in total. The highest BCUT2D eigenvalue weighted by molar-refractivity contribution is 5.30. The van der Waals surface area contributed by atoms with Gasteiger partial charge in [0.25, 0.3) is 0 Å². The maximum Gasteiger partial charge on any atom is 0.123 e. The number of nitrogens with zero attached hydrogens (tertiary/aromatic N) is 3. The van der Waals surface area contributed by atoms with Crippen LogP contribution >= 0.6 is 0 Å². The Hall–Kier alpha value is -1.66. The van der Waals surface area contributed by atoms with Gasteiger partial charge in [-0.05, 0) is 28.8 Å². The molecule has 6 nitrogen and oxygen atoms in total. The predicted octanol–water partition coefficient (Wildman–Crippen LogP) is 1.02. The number of aliphatic hydroxyl groups excluding tert-OH is 3. The summed E-state index contributed by atoms with van der Waals surface area (Å²) in [5.74, 6) is -0.547. The zero-order chi connectivity index (χ0) is 12.8. The molecule has 0 bridgehead atoms. The van der Waals surface area contributed by atoms with E-state index in [-0.39, 0.29) is 17.7 Å². The predicted molar refractivity (Wildman–Crippen MR) is 57.3 cm³/mol. The number of azide groups is 1. The molecule has 17 heavy (non-hydrogen) atoms. The van der Waals surface area contributed by atoms with Crippen molar-refractivity contribution in [2.75, 3.05) is 6.54 Å². The Morgan fingerprint density at radius 2 is 2.12 bits per heavy atom. The molecule has 0 saturated heterocycles. The van der Waals surface area contributed by atoms with Crippen LogP contribution in [0.15, 0.2) is 23.3 Å². The second-order valence-corrected chi connectivity index (χ2v) is 3.43. The summed E-state index contributed by atoms with van der Waals surface area (Å²) in [4.78, 5) is 2.45. The van der Waals surface area contributed by atoms with Crippen molar-refractivity contribution in [3.8, 4) is 0 Å². The van der Waals surface area contributed by atoms with Gasteiger partial charge in [-0.15, -0.1) is 0 Å². The van der Waals surface area contributed by atoms with Crippen molar-refractivity contribution < 1.29 is 19.7 Å². The molecule has 0 saturated carbocycles. The van der Waals surface area contributed by atoms with Gasteiger partial charge in [0.1, 0.15) is 11.9 Å². The van der Waals surface area contributed by atoms with E-state index in [1.165, 1.54) is 6.07 Å². The number of hydrogen-bond donors (Lipinski definition) is 3. The van der Waals surface area contributed by atoms with Gasteiger partial charge in [-0.25, -0.2) is 4.39 Å². The summed E-state index contributed by atoms with van der Waals surface area (Å²) in [6.45, 7) is -0.766. The van der Waals surface area contributed by atoms with Crippen LogP contribution in [-0.2, 0) is 6.61 Å². The van der Waals surface area contributed by atoms with E-state index < -0.39 is 24.6 Å². The van der Waals surface area contributed by atoms with Gasteiger partial charge in [-0.1, -0.05) is 11.2 Å². The summed E-state index contributed by atoms with van der Waals surface area (Å²) in [6, 6.07) is 3.45. The molecular formula is C10H12FN3O3. The lowest BCUT2D eigenvalue weighted by Gasteiger charge is -2.18. The van der Waals surface area contributed by atoms with Crippen molar-refractivity contribution in [1.82, 2.24) is 0 Å². The van der Waals surface area contributed by atoms with E-state index >= 15 is 0 Å². The third-order valence-corrected chi connectivity index (χ3v) is 2.29. The van der Waals surface area contributed by atoms with Gasteiger partial charge >= 0.3 is 0 Å². The largest absolute Gasteiger partial charge is 0.392 e. The van der Waals surface area contributed by atoms with E-state index in [0.717, 1.165) is 12.1 Å². The first-order valence-corrected chi connectivity index (χ1v) is 4.86. The molecule has 1 aromatic rings. The Kier molecular flexibility index (Phi) is 4.86. The monoisotopic (exact) mass is 241 g/mol. The Morgan fingerprint density at radius 1 is 1.41 bits per heavy atom. The standard InChI is InChI=1S/C10H12FN3O3/c11-7-1-2-8(6(3-7)5-15)10(17)9(16)4-13-14-12/h1-3,9-10,15-17H,4-5H2. The Labute approximate surface area is 96.6 Å². The molecule has 0 spiro atoms. The first kappa shape index (κ1) is 13.4. The average Bonchev–Trinajstić information content (AvgIpc) is 2.34. The molecule has 1 aromatic carbocycles. The minimum absolute atomic E-state index is 0.178. The number of benzene rings is 1. The molecule has 0 aromatic heterocycles. The highest BCUT2D eigenvalue weighted by Gasteiger charge is 2.20. The summed E-state index contributed by atoms with van der Waals surface area (Å²) in [6.07, 6.45) is -2.65. The summed E-state index contributed by atoms with van der Waals surface area (Å²) in [7, 11) is 0. The molecule has 92 valence electrons. The Bertz CT molecular complexity index is 435. The van der Waals surface area contributed by atoms with E-state index in [0.29, 0.717) is 0 Å². The van der Waals surface area contributed by atoms with Crippen molar-refractivity contribution in [1.29, 1.82) is 0 Å². The summed E-state index contributed by atoms with van der Waals surface area (Å²) in [5.41, 5.74) is 8.46. The number of rotatable bonds is 5. The Balaban J connectivity index is 2.94. The van der Waals surface area contributed by atoms with Crippen molar-refractivity contribution in [2.24, 2.45) is 5.11 Å². The molecule has 2 atom stereocenters. The molecule has 0 aliphatic carbocycles. The van der Waals surface area contributed by atoms with Crippen LogP contribution < -0.4 is 0 Å². The lowest BCUT2D eigenvalue weighted by Crippen LogP contribution is -2.22. The van der Waals surface area contributed by atoms with Crippen LogP contribution in [0.2, 0.25) is 0 Å². The van der Waals surface area contributed by atoms with Gasteiger partial charge in [-0.2, -0.15) is 0 Å². The molecule has 0 heterocycles. The maximum absolute atomic E-state index is 12.9. The fourth-order valence-corrected chi connectivity index (χ4v) is 1.43. The van der Waals surface area contributed by atoms with Crippen LogP contribution in [0.3, 0.4) is 0 Å². The van der Waals surface area contributed by atoms with E-state index in [4.69, 9.17) is 10.6 Å². The van der Waals surface area contributed by atoms with Crippen LogP contribution in [0.25, 0.3) is 10.4 Å². The minimum Gasteiger partial charge on any atom is -0.392 e. The molecule has 0 aliphatic heterocycles. The van der Waals surface area contributed by atoms with Crippen LogP contribution in [0.1, 0.15) is 17.2 Å². The van der Waals surface area contributed by atoms with Gasteiger partial charge in [0.05, 0.1) is 19.3 Å². The quantitative estimate of drug-likeness (QED) is 0.406. The molecule has 0 radical (unpaired) electrons. The summed E-state index contributed by atoms with van der Waals surface area (Å²) >= 11 is 0. The molecule has 7 heteroatoms. The molecule has 0 aliphatic rings. The summed E-state index contributed by atoms with van der Waals surface area (Å²) in [5, 5.41) is 31.4. The second-order valence-electron chi connectivity index (χ2n) is 3.43. The number of aliphatic hydroxyl groups is 3. The van der Waals surface area contributed by atoms with Gasteiger partial charge in [-0.3, -0.25) is 0 Å². The highest BCUT2D eigenvalue weighted by atomic mass is 19.1. The van der Waals surface area contributed by atoms with Crippen molar-refractivity contribution in [2.45, 2.75) is 18.8 Å². The van der Waals surface area contributed by atoms with Crippen molar-refractivity contribution in [3.05, 3.63) is 45.6 Å². The fraction of sp³-hybridized carbons (Fsp3) is 0.400. The molecule has 0 amide bonds. The third kappa shape index (κ3) is 3.40. The fourth-order valence-electron chi connectivity index (χ4n) is 1.43. The van der Waals surface area contributed by atoms with Crippen LogP contribution in [0, 0.1) is 5.82 Å². The van der Waals surface area contributed by atoms with E-state index in [2.05, 4.69) is 10.0 Å². The van der Waals surface area contributed by atoms with Gasteiger partial charge in [0.2, 0.25) is 0 Å². The number of halogens is 1. The smallest absolute Gasteiger partial charge is 0.123 e. The lowest BCUT2D eigenvalue weighted by atomic mass is 9.99. The van der Waals surface area contributed by atoms with E-state index in [9.17, 15) is 14.6 Å². The van der Waals surface area contributed by atoms with Gasteiger partial charge in [0.15, 0.2) is 0 Å². The van der Waals surface area contributed by atoms with E-state index in [1.807, 2.05) is 0 Å². The first-order valence-electron chi connectivity index (χ1n) is 4.86. The normalized spacial score (nSPS) is 13.9. The van der Waals surface area contributed by atoms with Gasteiger partial charge in [0, 0.05) is 4.91 Å². The first-order chi connectivity index (χ1) is 8.10. The maximum atomic E-state index is 12.9. The average molecular weight is 241 g/mol. The van der Waals surface area contributed by atoms with Crippen molar-refractivity contribution >= 4 is 0 Å². The Morgan fingerprint density at radius 3 is 2.71 bits per heavy atom. The number of hydrogen-bond acceptors (Lipinski definition) is 4. The van der Waals surface area contributed by atoms with Crippen LogP contribution in [-0.4, -0.2) is 28.0 Å². The zero-order valence-corrected chi connectivity index (χ0v) is 8.86. The molecule has 1 rings (SSSR count). The summed E-state index contributed by atoms with van der Waals surface area (Å²) < 4.78 is 12.9. The topological polar surface area (TPSA) is 109 Å². The molecule has 0 fully saturated rings. The zero-order valence-electron chi connectivity index (χ0n) is 8.86. The van der Waals surface area contributed by atoms with Crippen molar-refractivity contribution in [3.63, 3.8) is 0 Å². The minimum atomic E-state index is -1.34. The molecule has 2 unspecified atom stereocenters. The lowest BCUT2D eigenvalue weighted by molar-refractivity contribution is 0.0232. The van der Waals surface area contributed by atoms with Crippen LogP contribution in [0.4, 0.5) is 4.39 Å². The SMILES string of the molecule is [N-]=[N+]=NCC(O)C(O)c1ccc(F)cc1CO. The third-order valence-electron chi connectivity index (χ3n) is 2.29. The van der Waals surface area contributed by atoms with Gasteiger partial charge < -0.3 is 15.3 Å². The van der Waals surface area contributed by atoms with E-state index in [1.54, 1.807) is 0 Å². The second kappa shape index (κ2) is 6.17.